The van der Waals surface area contributed by atoms with Crippen molar-refractivity contribution in [3.05, 3.63) is 54.6 Å². The van der Waals surface area contributed by atoms with Crippen LogP contribution in [0.3, 0.4) is 0 Å². The summed E-state index contributed by atoms with van der Waals surface area (Å²) in [6.07, 6.45) is 1.78. The quantitative estimate of drug-likeness (QED) is 0.503. The zero-order valence-electron chi connectivity index (χ0n) is 17.2. The second-order valence-electron chi connectivity index (χ2n) is 7.46. The lowest BCUT2D eigenvalue weighted by Crippen LogP contribution is -2.27. The van der Waals surface area contributed by atoms with E-state index >= 15 is 0 Å². The monoisotopic (exact) mass is 453 g/mol. The molecule has 0 spiro atoms. The fourth-order valence-corrected chi connectivity index (χ4v) is 5.93. The summed E-state index contributed by atoms with van der Waals surface area (Å²) < 4.78 is 29.5. The minimum Gasteiger partial charge on any atom is -0.270 e. The van der Waals surface area contributed by atoms with E-state index in [2.05, 4.69) is 16.3 Å². The van der Waals surface area contributed by atoms with Gasteiger partial charge in [-0.3, -0.25) is 4.57 Å². The van der Waals surface area contributed by atoms with Crippen molar-refractivity contribution in [2.75, 3.05) is 18.8 Å². The molecule has 0 unspecified atom stereocenters. The Bertz CT molecular complexity index is 1200. The minimum atomic E-state index is -3.53. The molecule has 1 fully saturated rings. The third-order valence-electron chi connectivity index (χ3n) is 5.13. The van der Waals surface area contributed by atoms with Gasteiger partial charge in [0.15, 0.2) is 11.0 Å². The maximum absolute atomic E-state index is 13.0. The van der Waals surface area contributed by atoms with Crippen molar-refractivity contribution in [2.45, 2.75) is 29.8 Å². The lowest BCUT2D eigenvalue weighted by atomic mass is 10.2. The van der Waals surface area contributed by atoms with Gasteiger partial charge in [0.2, 0.25) is 10.0 Å². The summed E-state index contributed by atoms with van der Waals surface area (Å²) in [6, 6.07) is 18.8. The fraction of sp³-hybridized carbons (Fsp3) is 0.318. The third-order valence-corrected chi connectivity index (χ3v) is 8.21. The Hall–Kier alpha value is -2.67. The summed E-state index contributed by atoms with van der Waals surface area (Å²) in [7, 11) is -3.53. The van der Waals surface area contributed by atoms with Gasteiger partial charge in [0.05, 0.1) is 16.9 Å². The van der Waals surface area contributed by atoms with Crippen molar-refractivity contribution in [2.24, 2.45) is 5.92 Å². The molecule has 160 valence electrons. The number of rotatable bonds is 7. The maximum Gasteiger partial charge on any atom is 0.243 e. The van der Waals surface area contributed by atoms with Crippen molar-refractivity contribution in [3.8, 4) is 23.1 Å². The summed E-state index contributed by atoms with van der Waals surface area (Å²) in [4.78, 5) is 0.266. The number of para-hydroxylation sites is 1. The first-order valence-corrected chi connectivity index (χ1v) is 12.6. The van der Waals surface area contributed by atoms with Crippen molar-refractivity contribution in [3.63, 3.8) is 0 Å². The minimum absolute atomic E-state index is 0.122. The highest BCUT2D eigenvalue weighted by molar-refractivity contribution is 7.99. The zero-order chi connectivity index (χ0) is 21.8. The number of benzene rings is 2. The molecule has 1 aliphatic rings. The molecule has 2 heterocycles. The lowest BCUT2D eigenvalue weighted by molar-refractivity contribution is 0.477. The average Bonchev–Trinajstić information content (AvgIpc) is 3.49. The van der Waals surface area contributed by atoms with Gasteiger partial charge in [0.1, 0.15) is 0 Å². The van der Waals surface area contributed by atoms with E-state index in [1.165, 1.54) is 11.8 Å². The predicted octanol–water partition coefficient (Wildman–Crippen LogP) is 3.97. The van der Waals surface area contributed by atoms with Crippen molar-refractivity contribution in [1.29, 1.82) is 5.26 Å². The Morgan fingerprint density at radius 3 is 2.55 bits per heavy atom. The molecule has 0 amide bonds. The third kappa shape index (κ3) is 4.51. The molecule has 1 atom stereocenters. The van der Waals surface area contributed by atoms with Crippen molar-refractivity contribution >= 4 is 21.8 Å². The summed E-state index contributed by atoms with van der Waals surface area (Å²) >= 11 is 1.46. The molecular formula is C22H23N5O2S2. The first-order valence-electron chi connectivity index (χ1n) is 10.1. The van der Waals surface area contributed by atoms with Crippen LogP contribution in [0.4, 0.5) is 0 Å². The van der Waals surface area contributed by atoms with Crippen LogP contribution in [-0.2, 0) is 10.0 Å². The summed E-state index contributed by atoms with van der Waals surface area (Å²) in [5.41, 5.74) is 1.55. The number of hydrogen-bond acceptors (Lipinski definition) is 6. The van der Waals surface area contributed by atoms with Gasteiger partial charge in [-0.2, -0.15) is 9.57 Å². The van der Waals surface area contributed by atoms with E-state index in [0.717, 1.165) is 18.5 Å². The van der Waals surface area contributed by atoms with Crippen LogP contribution in [0.1, 0.15) is 19.8 Å². The molecule has 1 saturated heterocycles. The second kappa shape index (κ2) is 9.22. The van der Waals surface area contributed by atoms with Crippen LogP contribution < -0.4 is 0 Å². The molecular weight excluding hydrogens is 430 g/mol. The maximum atomic E-state index is 13.0. The molecule has 1 aliphatic heterocycles. The molecule has 0 N–H and O–H groups in total. The highest BCUT2D eigenvalue weighted by Gasteiger charge is 2.28. The molecule has 0 saturated carbocycles. The van der Waals surface area contributed by atoms with Crippen LogP contribution in [-0.4, -0.2) is 46.3 Å². The number of aromatic nitrogens is 3. The summed E-state index contributed by atoms with van der Waals surface area (Å²) in [5.74, 6) is 1.03. The van der Waals surface area contributed by atoms with E-state index in [-0.39, 0.29) is 10.8 Å². The smallest absolute Gasteiger partial charge is 0.243 e. The van der Waals surface area contributed by atoms with E-state index in [0.29, 0.717) is 35.4 Å². The van der Waals surface area contributed by atoms with E-state index in [4.69, 9.17) is 5.26 Å². The van der Waals surface area contributed by atoms with Crippen LogP contribution in [0.25, 0.3) is 17.1 Å². The van der Waals surface area contributed by atoms with Gasteiger partial charge in [0, 0.05) is 30.1 Å². The molecule has 9 heteroatoms. The zero-order valence-corrected chi connectivity index (χ0v) is 18.8. The van der Waals surface area contributed by atoms with E-state index in [1.54, 1.807) is 22.5 Å². The van der Waals surface area contributed by atoms with E-state index < -0.39 is 10.0 Å². The molecule has 31 heavy (non-hydrogen) atoms. The van der Waals surface area contributed by atoms with Gasteiger partial charge < -0.3 is 0 Å². The van der Waals surface area contributed by atoms with Gasteiger partial charge >= 0.3 is 0 Å². The molecule has 0 aliphatic carbocycles. The summed E-state index contributed by atoms with van der Waals surface area (Å²) in [6.45, 7) is 2.99. The second-order valence-corrected chi connectivity index (χ2v) is 10.4. The Kier molecular flexibility index (Phi) is 6.41. The topological polar surface area (TPSA) is 91.9 Å². The highest BCUT2D eigenvalue weighted by Crippen LogP contribution is 2.31. The molecule has 1 aromatic heterocycles. The normalized spacial score (nSPS) is 15.6. The first kappa shape index (κ1) is 21.6. The van der Waals surface area contributed by atoms with Gasteiger partial charge in [-0.1, -0.05) is 42.1 Å². The van der Waals surface area contributed by atoms with Crippen LogP contribution in [0.2, 0.25) is 0 Å². The van der Waals surface area contributed by atoms with Gasteiger partial charge in [-0.15, -0.1) is 10.2 Å². The van der Waals surface area contributed by atoms with Crippen molar-refractivity contribution < 1.29 is 8.42 Å². The summed E-state index contributed by atoms with van der Waals surface area (Å²) in [5, 5.41) is 18.5. The molecule has 7 nitrogen and oxygen atoms in total. The molecule has 3 aromatic rings. The van der Waals surface area contributed by atoms with Crippen LogP contribution >= 0.6 is 11.8 Å². The number of nitriles is 1. The Balaban J connectivity index is 1.76. The van der Waals surface area contributed by atoms with Gasteiger partial charge in [0.25, 0.3) is 0 Å². The number of nitrogens with zero attached hydrogens (tertiary/aromatic N) is 5. The van der Waals surface area contributed by atoms with Gasteiger partial charge in [-0.05, 0) is 44.0 Å². The van der Waals surface area contributed by atoms with Crippen LogP contribution in [0.15, 0.2) is 64.6 Å². The average molecular weight is 454 g/mol. The number of sulfonamides is 1. The SMILES string of the molecule is C[C@@H](C#N)CSc1nnc(-c2cccc(S(=O)(=O)N3CCCC3)c2)n1-c1ccccc1. The molecule has 2 aromatic carbocycles. The Labute approximate surface area is 186 Å². The van der Waals surface area contributed by atoms with Crippen LogP contribution in [0, 0.1) is 17.2 Å². The lowest BCUT2D eigenvalue weighted by Gasteiger charge is -2.16. The molecule has 4 rings (SSSR count). The number of hydrogen-bond donors (Lipinski definition) is 0. The van der Waals surface area contributed by atoms with Crippen LogP contribution in [0.5, 0.6) is 0 Å². The van der Waals surface area contributed by atoms with E-state index in [9.17, 15) is 8.42 Å². The standard InChI is InChI=1S/C22H23N5O2S2/c1-17(15-23)16-30-22-25-24-21(27(22)19-9-3-2-4-10-19)18-8-7-11-20(14-18)31(28,29)26-12-5-6-13-26/h2-4,7-11,14,17H,5-6,12-13,16H2,1H3/t17-/m0/s1. The fourth-order valence-electron chi connectivity index (χ4n) is 3.47. The van der Waals surface area contributed by atoms with Crippen molar-refractivity contribution in [1.82, 2.24) is 19.1 Å². The highest BCUT2D eigenvalue weighted by atomic mass is 32.2. The predicted molar refractivity (Wildman–Crippen MR) is 120 cm³/mol. The molecule has 0 radical (unpaired) electrons. The largest absolute Gasteiger partial charge is 0.270 e. The van der Waals surface area contributed by atoms with Gasteiger partial charge in [-0.25, -0.2) is 8.42 Å². The molecule has 0 bridgehead atoms. The Morgan fingerprint density at radius 1 is 1.10 bits per heavy atom. The van der Waals surface area contributed by atoms with E-state index in [1.807, 2.05) is 47.9 Å². The first-order chi connectivity index (χ1) is 15.0. The Morgan fingerprint density at radius 2 is 1.84 bits per heavy atom. The number of thioether (sulfide) groups is 1.